The molecule has 2 rings (SSSR count). The van der Waals surface area contributed by atoms with E-state index in [1.807, 2.05) is 13.0 Å². The predicted molar refractivity (Wildman–Crippen MR) is 100 cm³/mol. The lowest BCUT2D eigenvalue weighted by Gasteiger charge is -2.22. The van der Waals surface area contributed by atoms with Crippen molar-refractivity contribution in [2.45, 2.75) is 31.2 Å². The van der Waals surface area contributed by atoms with Gasteiger partial charge < -0.3 is 0 Å². The quantitative estimate of drug-likeness (QED) is 0.494. The van der Waals surface area contributed by atoms with E-state index >= 15 is 0 Å². The summed E-state index contributed by atoms with van der Waals surface area (Å²) in [7, 11) is -3.98. The number of hydroxylamine groups is 1. The highest BCUT2D eigenvalue weighted by Gasteiger charge is 2.29. The van der Waals surface area contributed by atoms with E-state index < -0.39 is 22.0 Å². The number of benzene rings is 2. The van der Waals surface area contributed by atoms with E-state index in [1.165, 1.54) is 17.6 Å². The molecule has 0 unspecified atom stereocenters. The molecule has 0 aliphatic carbocycles. The molecule has 8 heteroatoms. The number of sulfonamides is 1. The molecule has 0 saturated carbocycles. The topological polar surface area (TPSA) is 95.5 Å². The van der Waals surface area contributed by atoms with Crippen LogP contribution in [0.15, 0.2) is 53.4 Å². The summed E-state index contributed by atoms with van der Waals surface area (Å²) in [6, 6.07) is 12.3. The molecule has 6 nitrogen and oxygen atoms in total. The number of halogens is 1. The summed E-state index contributed by atoms with van der Waals surface area (Å²) in [6.07, 6.45) is 0.556. The van der Waals surface area contributed by atoms with Gasteiger partial charge in [-0.2, -0.15) is 4.72 Å². The van der Waals surface area contributed by atoms with Gasteiger partial charge in [-0.05, 0) is 29.7 Å². The lowest BCUT2D eigenvalue weighted by atomic mass is 10.00. The van der Waals surface area contributed by atoms with Crippen LogP contribution in [-0.4, -0.2) is 25.6 Å². The highest BCUT2D eigenvalue weighted by Crippen LogP contribution is 2.29. The molecule has 0 saturated heterocycles. The molecule has 3 N–H and O–H groups in total. The van der Waals surface area contributed by atoms with Gasteiger partial charge in [0.15, 0.2) is 0 Å². The van der Waals surface area contributed by atoms with Crippen LogP contribution in [0.1, 0.15) is 20.3 Å². The lowest BCUT2D eigenvalue weighted by Crippen LogP contribution is -2.49. The van der Waals surface area contributed by atoms with Gasteiger partial charge in [-0.25, -0.2) is 13.9 Å². The van der Waals surface area contributed by atoms with Gasteiger partial charge in [0, 0.05) is 10.6 Å². The maximum Gasteiger partial charge on any atom is 0.261 e. The Kier molecular flexibility index (Phi) is 6.77. The summed E-state index contributed by atoms with van der Waals surface area (Å²) in [5, 5.41) is 9.40. The Morgan fingerprint density at radius 1 is 1.19 bits per heavy atom. The van der Waals surface area contributed by atoms with E-state index in [4.69, 9.17) is 16.8 Å². The van der Waals surface area contributed by atoms with E-state index in [-0.39, 0.29) is 10.8 Å². The maximum atomic E-state index is 12.7. The zero-order valence-electron chi connectivity index (χ0n) is 14.4. The molecule has 0 radical (unpaired) electrons. The molecule has 140 valence electrons. The van der Waals surface area contributed by atoms with Gasteiger partial charge in [-0.1, -0.05) is 62.2 Å². The standard InChI is InChI=1S/C18H21ClN2O4S/c1-3-12(2)17(18(22)20-23)21-26(24,25)14-8-6-7-13(11-14)15-9-4-5-10-16(15)19/h4-12,17,21,23H,3H2,1-2H3,(H,20,22)/t12-,17-/m1/s1. The van der Waals surface area contributed by atoms with Gasteiger partial charge in [-0.3, -0.25) is 10.0 Å². The first-order valence-corrected chi connectivity index (χ1v) is 9.97. The Morgan fingerprint density at radius 3 is 2.50 bits per heavy atom. The van der Waals surface area contributed by atoms with Crippen molar-refractivity contribution >= 4 is 27.5 Å². The third-order valence-corrected chi connectivity index (χ3v) is 5.99. The zero-order chi connectivity index (χ0) is 19.3. The van der Waals surface area contributed by atoms with Crippen LogP contribution in [0.3, 0.4) is 0 Å². The molecule has 26 heavy (non-hydrogen) atoms. The Bertz CT molecular complexity index is 886. The fourth-order valence-electron chi connectivity index (χ4n) is 2.49. The van der Waals surface area contributed by atoms with Crippen molar-refractivity contribution in [3.63, 3.8) is 0 Å². The minimum Gasteiger partial charge on any atom is -0.289 e. The number of rotatable bonds is 7. The molecule has 0 bridgehead atoms. The van der Waals surface area contributed by atoms with Crippen LogP contribution in [-0.2, 0) is 14.8 Å². The smallest absolute Gasteiger partial charge is 0.261 e. The van der Waals surface area contributed by atoms with Crippen LogP contribution in [0.5, 0.6) is 0 Å². The average molecular weight is 397 g/mol. The largest absolute Gasteiger partial charge is 0.289 e. The van der Waals surface area contributed by atoms with Gasteiger partial charge >= 0.3 is 0 Å². The Labute approximate surface area is 158 Å². The third-order valence-electron chi connectivity index (χ3n) is 4.22. The van der Waals surface area contributed by atoms with Crippen molar-refractivity contribution in [3.8, 4) is 11.1 Å². The number of amides is 1. The molecule has 0 fully saturated rings. The van der Waals surface area contributed by atoms with Crippen LogP contribution in [0.25, 0.3) is 11.1 Å². The molecule has 0 spiro atoms. The minimum absolute atomic E-state index is 0.00830. The average Bonchev–Trinajstić information content (AvgIpc) is 2.65. The van der Waals surface area contributed by atoms with Crippen LogP contribution in [0.2, 0.25) is 5.02 Å². The fraction of sp³-hybridized carbons (Fsp3) is 0.278. The second kappa shape index (κ2) is 8.64. The molecule has 0 aliphatic heterocycles. The Hall–Kier alpha value is -1.93. The minimum atomic E-state index is -3.98. The predicted octanol–water partition coefficient (Wildman–Crippen LogP) is 3.21. The SMILES string of the molecule is CC[C@@H](C)[C@@H](NS(=O)(=O)c1cccc(-c2ccccc2Cl)c1)C(=O)NO. The molecule has 0 aromatic heterocycles. The summed E-state index contributed by atoms with van der Waals surface area (Å²) < 4.78 is 27.9. The lowest BCUT2D eigenvalue weighted by molar-refractivity contribution is -0.132. The molecule has 2 atom stereocenters. The number of hydrogen-bond donors (Lipinski definition) is 3. The number of hydrogen-bond acceptors (Lipinski definition) is 4. The molecular weight excluding hydrogens is 376 g/mol. The van der Waals surface area contributed by atoms with E-state index in [1.54, 1.807) is 37.3 Å². The highest BCUT2D eigenvalue weighted by molar-refractivity contribution is 7.89. The summed E-state index contributed by atoms with van der Waals surface area (Å²) in [5.74, 6) is -1.10. The Balaban J connectivity index is 2.39. The van der Waals surface area contributed by atoms with Crippen molar-refractivity contribution in [2.24, 2.45) is 5.92 Å². The van der Waals surface area contributed by atoms with Gasteiger partial charge in [0.25, 0.3) is 5.91 Å². The number of carbonyl (C=O) groups is 1. The second-order valence-electron chi connectivity index (χ2n) is 5.97. The first-order chi connectivity index (χ1) is 12.3. The summed E-state index contributed by atoms with van der Waals surface area (Å²) in [4.78, 5) is 11.9. The molecule has 2 aromatic carbocycles. The first kappa shape index (κ1) is 20.4. The highest BCUT2D eigenvalue weighted by atomic mass is 35.5. The number of carbonyl (C=O) groups excluding carboxylic acids is 1. The van der Waals surface area contributed by atoms with Gasteiger partial charge in [0.2, 0.25) is 10.0 Å². The summed E-state index contributed by atoms with van der Waals surface area (Å²) in [5.41, 5.74) is 2.87. The fourth-order valence-corrected chi connectivity index (χ4v) is 4.09. The van der Waals surface area contributed by atoms with Gasteiger partial charge in [0.05, 0.1) is 4.90 Å². The van der Waals surface area contributed by atoms with E-state index in [0.29, 0.717) is 22.6 Å². The van der Waals surface area contributed by atoms with Crippen molar-refractivity contribution in [1.82, 2.24) is 10.2 Å². The van der Waals surface area contributed by atoms with E-state index in [2.05, 4.69) is 4.72 Å². The van der Waals surface area contributed by atoms with Crippen LogP contribution in [0.4, 0.5) is 0 Å². The maximum absolute atomic E-state index is 12.7. The number of nitrogens with one attached hydrogen (secondary N) is 2. The van der Waals surface area contributed by atoms with Crippen molar-refractivity contribution in [3.05, 3.63) is 53.6 Å². The monoisotopic (exact) mass is 396 g/mol. The molecular formula is C18H21ClN2O4S. The molecule has 2 aromatic rings. The van der Waals surface area contributed by atoms with E-state index in [0.717, 1.165) is 0 Å². The second-order valence-corrected chi connectivity index (χ2v) is 8.09. The molecule has 0 aliphatic rings. The van der Waals surface area contributed by atoms with Gasteiger partial charge in [-0.15, -0.1) is 0 Å². The Morgan fingerprint density at radius 2 is 1.88 bits per heavy atom. The van der Waals surface area contributed by atoms with Crippen LogP contribution < -0.4 is 10.2 Å². The van der Waals surface area contributed by atoms with Crippen LogP contribution in [0, 0.1) is 5.92 Å². The van der Waals surface area contributed by atoms with Crippen molar-refractivity contribution < 1.29 is 18.4 Å². The van der Waals surface area contributed by atoms with Crippen molar-refractivity contribution in [1.29, 1.82) is 0 Å². The van der Waals surface area contributed by atoms with E-state index in [9.17, 15) is 13.2 Å². The molecule has 1 amide bonds. The summed E-state index contributed by atoms with van der Waals surface area (Å²) >= 11 is 6.18. The zero-order valence-corrected chi connectivity index (χ0v) is 16.0. The summed E-state index contributed by atoms with van der Waals surface area (Å²) in [6.45, 7) is 3.55. The van der Waals surface area contributed by atoms with Crippen LogP contribution >= 0.6 is 11.6 Å². The van der Waals surface area contributed by atoms with Gasteiger partial charge in [0.1, 0.15) is 6.04 Å². The third kappa shape index (κ3) is 4.62. The first-order valence-electron chi connectivity index (χ1n) is 8.11. The molecule has 0 heterocycles. The van der Waals surface area contributed by atoms with Crippen molar-refractivity contribution in [2.75, 3.05) is 0 Å². The normalized spacial score (nSPS) is 13.8.